The van der Waals surface area contributed by atoms with Crippen LogP contribution in [-0.4, -0.2) is 55.0 Å². The second-order valence-corrected chi connectivity index (χ2v) is 6.87. The van der Waals surface area contributed by atoms with E-state index >= 15 is 0 Å². The lowest BCUT2D eigenvalue weighted by molar-refractivity contribution is -0.134. The summed E-state index contributed by atoms with van der Waals surface area (Å²) in [5.41, 5.74) is 1.29. The Kier molecular flexibility index (Phi) is 6.64. The number of carbonyl (C=O) groups excluding carboxylic acids is 2. The largest absolute Gasteiger partial charge is 0.349 e. The van der Waals surface area contributed by atoms with Crippen molar-refractivity contribution in [2.24, 2.45) is 5.92 Å². The van der Waals surface area contributed by atoms with Crippen LogP contribution in [0.15, 0.2) is 30.3 Å². The molecule has 1 saturated heterocycles. The van der Waals surface area contributed by atoms with Gasteiger partial charge in [0.1, 0.15) is 0 Å². The molecule has 1 aliphatic heterocycles. The van der Waals surface area contributed by atoms with Crippen LogP contribution >= 0.6 is 0 Å². The summed E-state index contributed by atoms with van der Waals surface area (Å²) >= 11 is 0. The molecule has 5 heteroatoms. The van der Waals surface area contributed by atoms with Gasteiger partial charge in [-0.3, -0.25) is 4.79 Å². The van der Waals surface area contributed by atoms with Crippen LogP contribution in [0.2, 0.25) is 0 Å². The molecule has 3 amide bonds. The van der Waals surface area contributed by atoms with Crippen molar-refractivity contribution in [3.8, 4) is 0 Å². The average molecular weight is 331 g/mol. The maximum Gasteiger partial charge on any atom is 0.317 e. The molecule has 1 N–H and O–H groups in total. The van der Waals surface area contributed by atoms with Gasteiger partial charge < -0.3 is 15.1 Å². The Morgan fingerprint density at radius 1 is 1.21 bits per heavy atom. The summed E-state index contributed by atoms with van der Waals surface area (Å²) in [5, 5.41) is 3.08. The molecule has 1 unspecified atom stereocenters. The standard InChI is InChI=1S/C19H29N3O2/c1-15(9-10-16-7-5-4-6-8-16)20-19(24)22-13-11-17(12-14-22)18(23)21(2)3/h4-8,15,17H,9-14H2,1-3H3,(H,20,24). The molecular weight excluding hydrogens is 302 g/mol. The van der Waals surface area contributed by atoms with Crippen molar-refractivity contribution >= 4 is 11.9 Å². The lowest BCUT2D eigenvalue weighted by Crippen LogP contribution is -2.48. The number of benzene rings is 1. The number of nitrogens with zero attached hydrogens (tertiary/aromatic N) is 2. The zero-order chi connectivity index (χ0) is 17.5. The summed E-state index contributed by atoms with van der Waals surface area (Å²) in [6.07, 6.45) is 3.39. The molecule has 0 bridgehead atoms. The summed E-state index contributed by atoms with van der Waals surface area (Å²) in [6, 6.07) is 10.4. The van der Waals surface area contributed by atoms with Crippen LogP contribution in [0.4, 0.5) is 4.79 Å². The van der Waals surface area contributed by atoms with Crippen molar-refractivity contribution in [3.05, 3.63) is 35.9 Å². The van der Waals surface area contributed by atoms with Crippen LogP contribution in [0, 0.1) is 5.92 Å². The number of carbonyl (C=O) groups is 2. The Morgan fingerprint density at radius 2 is 1.83 bits per heavy atom. The van der Waals surface area contributed by atoms with Crippen molar-refractivity contribution in [2.75, 3.05) is 27.2 Å². The van der Waals surface area contributed by atoms with Crippen LogP contribution in [0.5, 0.6) is 0 Å². The number of amides is 3. The van der Waals surface area contributed by atoms with Gasteiger partial charge in [-0.2, -0.15) is 0 Å². The highest BCUT2D eigenvalue weighted by Gasteiger charge is 2.28. The molecule has 0 aliphatic carbocycles. The summed E-state index contributed by atoms with van der Waals surface area (Å²) in [5.74, 6) is 0.228. The molecule has 0 aromatic heterocycles. The Balaban J connectivity index is 1.72. The number of hydrogen-bond acceptors (Lipinski definition) is 2. The molecule has 0 saturated carbocycles. The number of nitrogens with one attached hydrogen (secondary N) is 1. The topological polar surface area (TPSA) is 52.7 Å². The maximum absolute atomic E-state index is 12.3. The molecule has 1 fully saturated rings. The average Bonchev–Trinajstić information content (AvgIpc) is 2.60. The molecule has 1 atom stereocenters. The molecule has 1 heterocycles. The zero-order valence-corrected chi connectivity index (χ0v) is 15.0. The summed E-state index contributed by atoms with van der Waals surface area (Å²) in [4.78, 5) is 27.8. The van der Waals surface area contributed by atoms with Gasteiger partial charge in [0.05, 0.1) is 0 Å². The summed E-state index contributed by atoms with van der Waals surface area (Å²) in [7, 11) is 3.58. The quantitative estimate of drug-likeness (QED) is 0.901. The number of likely N-dealkylation sites (tertiary alicyclic amines) is 1. The maximum atomic E-state index is 12.3. The van der Waals surface area contributed by atoms with Crippen LogP contribution in [0.3, 0.4) is 0 Å². The van der Waals surface area contributed by atoms with Crippen LogP contribution in [0.25, 0.3) is 0 Å². The minimum absolute atomic E-state index is 0.00804. The van der Waals surface area contributed by atoms with Gasteiger partial charge in [0, 0.05) is 39.1 Å². The minimum atomic E-state index is -0.00804. The number of urea groups is 1. The Hall–Kier alpha value is -2.04. The van der Waals surface area contributed by atoms with Gasteiger partial charge in [0.15, 0.2) is 0 Å². The number of aryl methyl sites for hydroxylation is 1. The monoisotopic (exact) mass is 331 g/mol. The van der Waals surface area contributed by atoms with E-state index in [0.29, 0.717) is 13.1 Å². The highest BCUT2D eigenvalue weighted by atomic mass is 16.2. The fraction of sp³-hybridized carbons (Fsp3) is 0.579. The number of piperidine rings is 1. The molecule has 132 valence electrons. The van der Waals surface area contributed by atoms with Gasteiger partial charge in [0.25, 0.3) is 0 Å². The second-order valence-electron chi connectivity index (χ2n) is 6.87. The van der Waals surface area contributed by atoms with Crippen LogP contribution < -0.4 is 5.32 Å². The third kappa shape index (κ3) is 5.25. The first-order chi connectivity index (χ1) is 11.5. The third-order valence-electron chi connectivity index (χ3n) is 4.65. The van der Waals surface area contributed by atoms with E-state index in [2.05, 4.69) is 17.4 Å². The van der Waals surface area contributed by atoms with Crippen molar-refractivity contribution in [1.82, 2.24) is 15.1 Å². The Labute approximate surface area is 145 Å². The summed E-state index contributed by atoms with van der Waals surface area (Å²) < 4.78 is 0. The Morgan fingerprint density at radius 3 is 2.42 bits per heavy atom. The first kappa shape index (κ1) is 18.3. The lowest BCUT2D eigenvalue weighted by atomic mass is 9.96. The molecule has 1 aromatic rings. The smallest absolute Gasteiger partial charge is 0.317 e. The zero-order valence-electron chi connectivity index (χ0n) is 15.0. The predicted molar refractivity (Wildman–Crippen MR) is 95.7 cm³/mol. The second kappa shape index (κ2) is 8.71. The van der Waals surface area contributed by atoms with E-state index in [0.717, 1.165) is 25.7 Å². The highest BCUT2D eigenvalue weighted by molar-refractivity contribution is 5.79. The SMILES string of the molecule is CC(CCc1ccccc1)NC(=O)N1CCC(C(=O)N(C)C)CC1. The van der Waals surface area contributed by atoms with E-state index in [1.54, 1.807) is 19.0 Å². The highest BCUT2D eigenvalue weighted by Crippen LogP contribution is 2.19. The van der Waals surface area contributed by atoms with E-state index in [-0.39, 0.29) is 23.9 Å². The van der Waals surface area contributed by atoms with Crippen molar-refractivity contribution < 1.29 is 9.59 Å². The van der Waals surface area contributed by atoms with E-state index < -0.39 is 0 Å². The van der Waals surface area contributed by atoms with E-state index in [4.69, 9.17) is 0 Å². The van der Waals surface area contributed by atoms with Crippen LogP contribution in [-0.2, 0) is 11.2 Å². The molecule has 0 spiro atoms. The molecule has 0 radical (unpaired) electrons. The molecular formula is C19H29N3O2. The number of rotatable bonds is 5. The first-order valence-corrected chi connectivity index (χ1v) is 8.78. The van der Waals surface area contributed by atoms with E-state index in [1.165, 1.54) is 5.56 Å². The van der Waals surface area contributed by atoms with Crippen molar-refractivity contribution in [2.45, 2.75) is 38.6 Å². The fourth-order valence-electron chi connectivity index (χ4n) is 3.10. The fourth-order valence-corrected chi connectivity index (χ4v) is 3.10. The lowest BCUT2D eigenvalue weighted by Gasteiger charge is -2.33. The predicted octanol–water partition coefficient (Wildman–Crippen LogP) is 2.52. The number of hydrogen-bond donors (Lipinski definition) is 1. The van der Waals surface area contributed by atoms with Gasteiger partial charge in [0.2, 0.25) is 5.91 Å². The van der Waals surface area contributed by atoms with E-state index in [1.807, 2.05) is 30.0 Å². The van der Waals surface area contributed by atoms with Gasteiger partial charge in [-0.1, -0.05) is 30.3 Å². The van der Waals surface area contributed by atoms with Gasteiger partial charge >= 0.3 is 6.03 Å². The molecule has 2 rings (SSSR count). The first-order valence-electron chi connectivity index (χ1n) is 8.78. The summed E-state index contributed by atoms with van der Waals surface area (Å²) in [6.45, 7) is 3.35. The molecule has 24 heavy (non-hydrogen) atoms. The molecule has 5 nitrogen and oxygen atoms in total. The van der Waals surface area contributed by atoms with Gasteiger partial charge in [-0.25, -0.2) is 4.79 Å². The van der Waals surface area contributed by atoms with Crippen LogP contribution in [0.1, 0.15) is 31.7 Å². The molecule has 1 aromatic carbocycles. The minimum Gasteiger partial charge on any atom is -0.349 e. The normalized spacial score (nSPS) is 16.5. The van der Waals surface area contributed by atoms with Gasteiger partial charge in [-0.15, -0.1) is 0 Å². The third-order valence-corrected chi connectivity index (χ3v) is 4.65. The van der Waals surface area contributed by atoms with Gasteiger partial charge in [-0.05, 0) is 38.2 Å². The van der Waals surface area contributed by atoms with Crippen molar-refractivity contribution in [1.29, 1.82) is 0 Å². The molecule has 1 aliphatic rings. The van der Waals surface area contributed by atoms with Crippen molar-refractivity contribution in [3.63, 3.8) is 0 Å². The van der Waals surface area contributed by atoms with E-state index in [9.17, 15) is 9.59 Å². The Bertz CT molecular complexity index is 537.